The Morgan fingerprint density at radius 1 is 1.25 bits per heavy atom. The first kappa shape index (κ1) is 11.5. The lowest BCUT2D eigenvalue weighted by molar-refractivity contribution is 0.205. The van der Waals surface area contributed by atoms with Gasteiger partial charge in [0.05, 0.1) is 0 Å². The van der Waals surface area contributed by atoms with Gasteiger partial charge in [0.15, 0.2) is 0 Å². The van der Waals surface area contributed by atoms with Crippen molar-refractivity contribution in [2.75, 3.05) is 7.05 Å². The fourth-order valence-corrected chi connectivity index (χ4v) is 2.42. The summed E-state index contributed by atoms with van der Waals surface area (Å²) in [5, 5.41) is 3.32. The van der Waals surface area contributed by atoms with Crippen molar-refractivity contribution in [3.8, 4) is 5.75 Å². The first-order chi connectivity index (χ1) is 7.69. The van der Waals surface area contributed by atoms with E-state index in [1.807, 2.05) is 7.05 Å². The second kappa shape index (κ2) is 4.88. The summed E-state index contributed by atoms with van der Waals surface area (Å²) in [6.07, 6.45) is 3.91. The molecule has 16 heavy (non-hydrogen) atoms. The second-order valence-corrected chi connectivity index (χ2v) is 4.81. The Morgan fingerprint density at radius 2 is 2.06 bits per heavy atom. The van der Waals surface area contributed by atoms with Gasteiger partial charge in [-0.2, -0.15) is 0 Å². The van der Waals surface area contributed by atoms with Gasteiger partial charge < -0.3 is 10.1 Å². The van der Waals surface area contributed by atoms with E-state index in [2.05, 4.69) is 37.4 Å². The van der Waals surface area contributed by atoms with Crippen LogP contribution in [-0.2, 0) is 0 Å². The van der Waals surface area contributed by atoms with Crippen LogP contribution in [0, 0.1) is 13.8 Å². The summed E-state index contributed by atoms with van der Waals surface area (Å²) in [5.74, 6) is 1.05. The van der Waals surface area contributed by atoms with Gasteiger partial charge >= 0.3 is 0 Å². The zero-order valence-corrected chi connectivity index (χ0v) is 10.4. The van der Waals surface area contributed by atoms with Crippen LogP contribution in [0.15, 0.2) is 18.2 Å². The van der Waals surface area contributed by atoms with Crippen molar-refractivity contribution in [2.24, 2.45) is 0 Å². The molecule has 2 unspecified atom stereocenters. The van der Waals surface area contributed by atoms with Crippen molar-refractivity contribution in [2.45, 2.75) is 45.3 Å². The maximum Gasteiger partial charge on any atom is 0.122 e. The third-order valence-electron chi connectivity index (χ3n) is 3.42. The lowest BCUT2D eigenvalue weighted by Crippen LogP contribution is -2.23. The number of aryl methyl sites for hydroxylation is 2. The maximum atomic E-state index is 6.05. The number of rotatable bonds is 3. The van der Waals surface area contributed by atoms with Crippen LogP contribution >= 0.6 is 0 Å². The molecule has 0 amide bonds. The Morgan fingerprint density at radius 3 is 2.69 bits per heavy atom. The Kier molecular flexibility index (Phi) is 3.49. The Bertz CT molecular complexity index is 362. The lowest BCUT2D eigenvalue weighted by Gasteiger charge is -2.16. The van der Waals surface area contributed by atoms with Crippen LogP contribution < -0.4 is 10.1 Å². The average Bonchev–Trinajstić information content (AvgIpc) is 2.70. The van der Waals surface area contributed by atoms with Crippen LogP contribution in [0.3, 0.4) is 0 Å². The van der Waals surface area contributed by atoms with E-state index in [1.54, 1.807) is 0 Å². The smallest absolute Gasteiger partial charge is 0.122 e. The predicted octanol–water partition coefficient (Wildman–Crippen LogP) is 2.82. The number of nitrogens with one attached hydrogen (secondary N) is 1. The zero-order valence-electron chi connectivity index (χ0n) is 10.4. The van der Waals surface area contributed by atoms with Gasteiger partial charge in [0.25, 0.3) is 0 Å². The third kappa shape index (κ3) is 2.56. The number of ether oxygens (including phenoxy) is 1. The van der Waals surface area contributed by atoms with E-state index in [0.29, 0.717) is 12.1 Å². The summed E-state index contributed by atoms with van der Waals surface area (Å²) in [6.45, 7) is 4.23. The minimum absolute atomic E-state index is 0.388. The molecule has 2 nitrogen and oxygen atoms in total. The third-order valence-corrected chi connectivity index (χ3v) is 3.42. The molecule has 0 heterocycles. The molecule has 0 radical (unpaired) electrons. The van der Waals surface area contributed by atoms with Gasteiger partial charge in [-0.05, 0) is 51.8 Å². The van der Waals surface area contributed by atoms with Crippen molar-refractivity contribution >= 4 is 0 Å². The van der Waals surface area contributed by atoms with E-state index in [-0.39, 0.29) is 0 Å². The molecule has 1 aliphatic rings. The highest BCUT2D eigenvalue weighted by molar-refractivity contribution is 5.35. The topological polar surface area (TPSA) is 21.3 Å². The van der Waals surface area contributed by atoms with Gasteiger partial charge in [-0.1, -0.05) is 17.7 Å². The first-order valence-corrected chi connectivity index (χ1v) is 6.10. The van der Waals surface area contributed by atoms with Crippen LogP contribution in [0.2, 0.25) is 0 Å². The van der Waals surface area contributed by atoms with Gasteiger partial charge in [0.2, 0.25) is 0 Å². The molecule has 1 aliphatic carbocycles. The lowest BCUT2D eigenvalue weighted by atomic mass is 10.1. The van der Waals surface area contributed by atoms with Gasteiger partial charge in [0.1, 0.15) is 11.9 Å². The largest absolute Gasteiger partial charge is 0.490 e. The second-order valence-electron chi connectivity index (χ2n) is 4.81. The molecule has 1 fully saturated rings. The van der Waals surface area contributed by atoms with Crippen molar-refractivity contribution in [1.29, 1.82) is 0 Å². The summed E-state index contributed by atoms with van der Waals surface area (Å²) in [7, 11) is 2.03. The molecule has 0 bridgehead atoms. The predicted molar refractivity (Wildman–Crippen MR) is 67.0 cm³/mol. The quantitative estimate of drug-likeness (QED) is 0.844. The molecule has 0 saturated heterocycles. The van der Waals surface area contributed by atoms with Crippen molar-refractivity contribution in [1.82, 2.24) is 5.32 Å². The normalized spacial score (nSPS) is 24.7. The Hall–Kier alpha value is -1.02. The number of hydrogen-bond acceptors (Lipinski definition) is 2. The molecule has 0 spiro atoms. The van der Waals surface area contributed by atoms with Gasteiger partial charge in [0, 0.05) is 6.04 Å². The Labute approximate surface area is 98.0 Å². The van der Waals surface area contributed by atoms with E-state index >= 15 is 0 Å². The molecule has 1 aromatic rings. The first-order valence-electron chi connectivity index (χ1n) is 6.10. The minimum Gasteiger partial charge on any atom is -0.490 e. The van der Waals surface area contributed by atoms with Gasteiger partial charge in [-0.3, -0.25) is 0 Å². The average molecular weight is 219 g/mol. The summed E-state index contributed by atoms with van der Waals surface area (Å²) >= 11 is 0. The van der Waals surface area contributed by atoms with Gasteiger partial charge in [-0.15, -0.1) is 0 Å². The Balaban J connectivity index is 1.99. The molecule has 0 aliphatic heterocycles. The molecular weight excluding hydrogens is 198 g/mol. The summed E-state index contributed by atoms with van der Waals surface area (Å²) in [6, 6.07) is 7.03. The van der Waals surface area contributed by atoms with Crippen molar-refractivity contribution < 1.29 is 4.74 Å². The summed E-state index contributed by atoms with van der Waals surface area (Å²) in [5.41, 5.74) is 2.54. The molecule has 2 heteroatoms. The van der Waals surface area contributed by atoms with E-state index in [0.717, 1.165) is 12.2 Å². The fourth-order valence-electron chi connectivity index (χ4n) is 2.42. The SMILES string of the molecule is CNC1CCC(Oc2ccc(C)cc2C)C1. The van der Waals surface area contributed by atoms with Crippen LogP contribution in [0.5, 0.6) is 5.75 Å². The van der Waals surface area contributed by atoms with E-state index < -0.39 is 0 Å². The van der Waals surface area contributed by atoms with E-state index in [9.17, 15) is 0 Å². The standard InChI is InChI=1S/C14H21NO/c1-10-4-7-14(11(2)8-10)16-13-6-5-12(9-13)15-3/h4,7-8,12-13,15H,5-6,9H2,1-3H3. The maximum absolute atomic E-state index is 6.05. The zero-order chi connectivity index (χ0) is 11.5. The number of benzene rings is 1. The fraction of sp³-hybridized carbons (Fsp3) is 0.571. The molecule has 1 saturated carbocycles. The molecular formula is C14H21NO. The minimum atomic E-state index is 0.388. The van der Waals surface area contributed by atoms with Crippen molar-refractivity contribution in [3.05, 3.63) is 29.3 Å². The highest BCUT2D eigenvalue weighted by atomic mass is 16.5. The molecule has 0 aromatic heterocycles. The van der Waals surface area contributed by atoms with Crippen LogP contribution in [-0.4, -0.2) is 19.2 Å². The van der Waals surface area contributed by atoms with Crippen LogP contribution in [0.4, 0.5) is 0 Å². The van der Waals surface area contributed by atoms with Crippen molar-refractivity contribution in [3.63, 3.8) is 0 Å². The highest BCUT2D eigenvalue weighted by Crippen LogP contribution is 2.27. The monoisotopic (exact) mass is 219 g/mol. The summed E-state index contributed by atoms with van der Waals surface area (Å²) in [4.78, 5) is 0. The molecule has 1 aromatic carbocycles. The van der Waals surface area contributed by atoms with Gasteiger partial charge in [-0.25, -0.2) is 0 Å². The number of hydrogen-bond donors (Lipinski definition) is 1. The molecule has 88 valence electrons. The highest BCUT2D eigenvalue weighted by Gasteiger charge is 2.25. The van der Waals surface area contributed by atoms with Crippen LogP contribution in [0.25, 0.3) is 0 Å². The molecule has 1 N–H and O–H groups in total. The van der Waals surface area contributed by atoms with E-state index in [4.69, 9.17) is 4.74 Å². The molecule has 2 atom stereocenters. The summed E-state index contributed by atoms with van der Waals surface area (Å²) < 4.78 is 6.05. The van der Waals surface area contributed by atoms with E-state index in [1.165, 1.54) is 24.0 Å². The molecule has 2 rings (SSSR count). The van der Waals surface area contributed by atoms with Crippen LogP contribution in [0.1, 0.15) is 30.4 Å².